The summed E-state index contributed by atoms with van der Waals surface area (Å²) in [5.74, 6) is -0.647. The van der Waals surface area contributed by atoms with Gasteiger partial charge in [0.15, 0.2) is 0 Å². The predicted molar refractivity (Wildman–Crippen MR) is 183 cm³/mol. The molecular weight excluding hydrogens is 570 g/mol. The molecule has 2 unspecified atom stereocenters. The van der Waals surface area contributed by atoms with Crippen molar-refractivity contribution in [2.45, 2.75) is 97.8 Å². The van der Waals surface area contributed by atoms with Crippen molar-refractivity contribution in [3.05, 3.63) is 77.4 Å². The van der Waals surface area contributed by atoms with E-state index in [0.29, 0.717) is 17.8 Å². The van der Waals surface area contributed by atoms with E-state index in [4.69, 9.17) is 4.74 Å². The predicted octanol–water partition coefficient (Wildman–Crippen LogP) is 8.15. The van der Waals surface area contributed by atoms with Crippen molar-refractivity contribution in [3.8, 4) is 0 Å². The molecule has 0 aliphatic carbocycles. The molecule has 0 bridgehead atoms. The van der Waals surface area contributed by atoms with Gasteiger partial charge >= 0.3 is 6.09 Å². The lowest BCUT2D eigenvalue weighted by molar-refractivity contribution is -0.140. The molecule has 238 valence electrons. The zero-order valence-corrected chi connectivity index (χ0v) is 28.0. The van der Waals surface area contributed by atoms with E-state index >= 15 is 0 Å². The fraction of sp³-hybridized carbons (Fsp3) is 0.472. The number of carbonyl (C=O) groups is 3. The molecule has 0 aromatic heterocycles. The molecule has 0 heterocycles. The molecule has 8 heteroatoms. The molecule has 0 radical (unpaired) electrons. The third kappa shape index (κ3) is 10.3. The molecule has 2 atom stereocenters. The van der Waals surface area contributed by atoms with Crippen LogP contribution in [0.5, 0.6) is 0 Å². The first-order valence-electron chi connectivity index (χ1n) is 15.7. The summed E-state index contributed by atoms with van der Waals surface area (Å²) in [5, 5.41) is 7.86. The number of fused-ring (bicyclic) bond motifs is 1. The van der Waals surface area contributed by atoms with Gasteiger partial charge in [-0.05, 0) is 80.6 Å². The highest BCUT2D eigenvalue weighted by atomic mass is 32.1. The van der Waals surface area contributed by atoms with Crippen LogP contribution in [0.2, 0.25) is 0 Å². The number of aryl methyl sites for hydroxylation is 2. The Labute approximate surface area is 268 Å². The molecule has 0 aliphatic heterocycles. The van der Waals surface area contributed by atoms with Gasteiger partial charge in [0.25, 0.3) is 5.91 Å². The minimum atomic E-state index is -0.976. The van der Waals surface area contributed by atoms with Gasteiger partial charge in [-0.15, -0.1) is 0 Å². The standard InChI is InChI=1S/C36H49N3O4S/c1-7-8-9-10-11-14-21-39(34(41)31(24-44)38-35(42)43-36(4,5)6)32(29-18-17-25(2)26(3)22-29)33(40)37-30-20-19-27-15-12-13-16-28(27)23-30/h12-13,15-20,22-23,31-32,44H,7-11,14,21,24H2,1-6H3,(H,37,40)(H,38,42). The zero-order valence-electron chi connectivity index (χ0n) is 27.1. The Morgan fingerprint density at radius 1 is 0.864 bits per heavy atom. The molecule has 3 amide bonds. The molecule has 0 saturated carbocycles. The summed E-state index contributed by atoms with van der Waals surface area (Å²) >= 11 is 4.42. The van der Waals surface area contributed by atoms with Crippen molar-refractivity contribution >= 4 is 47.0 Å². The molecule has 7 nitrogen and oxygen atoms in total. The Bertz CT molecular complexity index is 1420. The number of hydrogen-bond acceptors (Lipinski definition) is 5. The minimum absolute atomic E-state index is 0.0526. The zero-order chi connectivity index (χ0) is 32.3. The monoisotopic (exact) mass is 619 g/mol. The van der Waals surface area contributed by atoms with E-state index in [-0.39, 0.29) is 17.6 Å². The number of nitrogens with zero attached hydrogens (tertiary/aromatic N) is 1. The van der Waals surface area contributed by atoms with Crippen LogP contribution in [0, 0.1) is 13.8 Å². The van der Waals surface area contributed by atoms with Crippen LogP contribution >= 0.6 is 12.6 Å². The van der Waals surface area contributed by atoms with Gasteiger partial charge in [-0.3, -0.25) is 9.59 Å². The molecule has 0 fully saturated rings. The van der Waals surface area contributed by atoms with Crippen molar-refractivity contribution < 1.29 is 19.1 Å². The summed E-state index contributed by atoms with van der Waals surface area (Å²) in [5.41, 5.74) is 2.74. The highest BCUT2D eigenvalue weighted by Crippen LogP contribution is 2.28. The lowest BCUT2D eigenvalue weighted by Crippen LogP contribution is -2.53. The van der Waals surface area contributed by atoms with Crippen LogP contribution in [-0.2, 0) is 14.3 Å². The van der Waals surface area contributed by atoms with E-state index < -0.39 is 23.8 Å². The Kier molecular flexibility index (Phi) is 13.1. The summed E-state index contributed by atoms with van der Waals surface area (Å²) < 4.78 is 5.44. The molecule has 3 aromatic carbocycles. The van der Waals surface area contributed by atoms with Gasteiger partial charge < -0.3 is 20.3 Å². The number of carbonyl (C=O) groups excluding carboxylic acids is 3. The van der Waals surface area contributed by atoms with Crippen LogP contribution < -0.4 is 10.6 Å². The molecule has 44 heavy (non-hydrogen) atoms. The van der Waals surface area contributed by atoms with Crippen LogP contribution in [0.1, 0.15) is 89.0 Å². The average molecular weight is 620 g/mol. The maximum absolute atomic E-state index is 14.3. The maximum Gasteiger partial charge on any atom is 0.408 e. The van der Waals surface area contributed by atoms with Crippen molar-refractivity contribution in [3.63, 3.8) is 0 Å². The van der Waals surface area contributed by atoms with E-state index in [9.17, 15) is 14.4 Å². The summed E-state index contributed by atoms with van der Waals surface area (Å²) in [6.45, 7) is 11.8. The number of hydrogen-bond donors (Lipinski definition) is 3. The molecule has 3 aromatic rings. The van der Waals surface area contributed by atoms with Crippen LogP contribution in [0.4, 0.5) is 10.5 Å². The summed E-state index contributed by atoms with van der Waals surface area (Å²) in [6, 6.07) is 17.7. The van der Waals surface area contributed by atoms with Crippen LogP contribution in [-0.4, -0.2) is 46.7 Å². The van der Waals surface area contributed by atoms with E-state index in [1.165, 1.54) is 6.42 Å². The van der Waals surface area contributed by atoms with Gasteiger partial charge in [0.2, 0.25) is 5.91 Å². The quantitative estimate of drug-likeness (QED) is 0.126. The molecule has 0 spiro atoms. The highest BCUT2D eigenvalue weighted by molar-refractivity contribution is 7.80. The second kappa shape index (κ2) is 16.5. The topological polar surface area (TPSA) is 87.7 Å². The first-order chi connectivity index (χ1) is 20.9. The lowest BCUT2D eigenvalue weighted by Gasteiger charge is -2.34. The molecule has 3 rings (SSSR count). The Morgan fingerprint density at radius 3 is 2.20 bits per heavy atom. The number of benzene rings is 3. The van der Waals surface area contributed by atoms with Crippen molar-refractivity contribution in [2.75, 3.05) is 17.6 Å². The van der Waals surface area contributed by atoms with Crippen LogP contribution in [0.3, 0.4) is 0 Å². The summed E-state index contributed by atoms with van der Waals surface area (Å²) in [7, 11) is 0. The SMILES string of the molecule is CCCCCCCCN(C(=O)C(CS)NC(=O)OC(C)(C)C)C(C(=O)Nc1ccc2ccccc2c1)c1ccc(C)c(C)c1. The molecular formula is C36H49N3O4S. The van der Waals surface area contributed by atoms with E-state index in [1.807, 2.05) is 74.5 Å². The van der Waals surface area contributed by atoms with Crippen LogP contribution in [0.25, 0.3) is 10.8 Å². The number of ether oxygens (including phenoxy) is 1. The van der Waals surface area contributed by atoms with E-state index in [2.05, 4.69) is 30.2 Å². The van der Waals surface area contributed by atoms with Crippen molar-refractivity contribution in [1.29, 1.82) is 0 Å². The van der Waals surface area contributed by atoms with Crippen LogP contribution in [0.15, 0.2) is 60.7 Å². The Hall–Kier alpha value is -3.52. The minimum Gasteiger partial charge on any atom is -0.444 e. The van der Waals surface area contributed by atoms with Gasteiger partial charge in [-0.2, -0.15) is 12.6 Å². The number of anilines is 1. The van der Waals surface area contributed by atoms with E-state index in [0.717, 1.165) is 54.0 Å². The number of rotatable bonds is 14. The maximum atomic E-state index is 14.3. The van der Waals surface area contributed by atoms with Crippen molar-refractivity contribution in [2.24, 2.45) is 0 Å². The highest BCUT2D eigenvalue weighted by Gasteiger charge is 2.36. The number of nitrogens with one attached hydrogen (secondary N) is 2. The first kappa shape index (κ1) is 35.0. The molecule has 0 saturated heterocycles. The van der Waals surface area contributed by atoms with Gasteiger partial charge in [0.05, 0.1) is 0 Å². The second-order valence-electron chi connectivity index (χ2n) is 12.5. The van der Waals surface area contributed by atoms with Gasteiger partial charge in [0, 0.05) is 18.0 Å². The smallest absolute Gasteiger partial charge is 0.408 e. The Balaban J connectivity index is 1.99. The van der Waals surface area contributed by atoms with E-state index in [1.54, 1.807) is 25.7 Å². The number of alkyl carbamates (subject to hydrolysis) is 1. The van der Waals surface area contributed by atoms with Crippen molar-refractivity contribution in [1.82, 2.24) is 10.2 Å². The molecule has 2 N–H and O–H groups in total. The number of unbranched alkanes of at least 4 members (excludes halogenated alkanes) is 5. The van der Waals surface area contributed by atoms with Gasteiger partial charge in [-0.25, -0.2) is 4.79 Å². The lowest BCUT2D eigenvalue weighted by atomic mass is 9.97. The fourth-order valence-electron chi connectivity index (χ4n) is 5.15. The Morgan fingerprint density at radius 2 is 1.55 bits per heavy atom. The first-order valence-corrected chi connectivity index (χ1v) is 16.3. The normalized spacial score (nSPS) is 12.8. The number of amides is 3. The summed E-state index contributed by atoms with van der Waals surface area (Å²) in [4.78, 5) is 42.8. The third-order valence-electron chi connectivity index (χ3n) is 7.63. The summed E-state index contributed by atoms with van der Waals surface area (Å²) in [6.07, 6.45) is 5.46. The molecule has 0 aliphatic rings. The number of thiol groups is 1. The van der Waals surface area contributed by atoms with Gasteiger partial charge in [-0.1, -0.05) is 87.6 Å². The second-order valence-corrected chi connectivity index (χ2v) is 12.8. The largest absolute Gasteiger partial charge is 0.444 e. The van der Waals surface area contributed by atoms with Gasteiger partial charge in [0.1, 0.15) is 17.7 Å². The average Bonchev–Trinajstić information content (AvgIpc) is 2.97. The fourth-order valence-corrected chi connectivity index (χ4v) is 5.40. The third-order valence-corrected chi connectivity index (χ3v) is 8.00.